The van der Waals surface area contributed by atoms with E-state index in [0.717, 1.165) is 22.3 Å². The molecule has 0 aliphatic heterocycles. The van der Waals surface area contributed by atoms with Gasteiger partial charge in [-0.05, 0) is 46.5 Å². The Kier molecular flexibility index (Phi) is 1.73. The fraction of sp³-hybridized carbons (Fsp3) is 0.0769. The molecule has 0 bridgehead atoms. The maximum absolute atomic E-state index is 9.44. The van der Waals surface area contributed by atoms with E-state index in [2.05, 4.69) is 0 Å². The smallest absolute Gasteiger partial charge is 0.115 e. The van der Waals surface area contributed by atoms with Crippen LogP contribution in [-0.2, 0) is 0 Å². The second-order valence-corrected chi connectivity index (χ2v) is 4.02. The van der Waals surface area contributed by atoms with Crippen molar-refractivity contribution in [1.29, 1.82) is 0 Å². The van der Waals surface area contributed by atoms with E-state index < -0.39 is 0 Å². The number of aromatic hydroxyl groups is 2. The van der Waals surface area contributed by atoms with Gasteiger partial charge in [-0.15, -0.1) is 0 Å². The van der Waals surface area contributed by atoms with E-state index in [9.17, 15) is 10.2 Å². The SMILES string of the molecule is NC1c2cc(O)ccc2-c2ccc(O)cc21. The summed E-state index contributed by atoms with van der Waals surface area (Å²) < 4.78 is 0. The van der Waals surface area contributed by atoms with Gasteiger partial charge in [-0.1, -0.05) is 12.1 Å². The summed E-state index contributed by atoms with van der Waals surface area (Å²) in [5, 5.41) is 18.9. The Morgan fingerprint density at radius 1 is 0.812 bits per heavy atom. The molecule has 16 heavy (non-hydrogen) atoms. The van der Waals surface area contributed by atoms with Crippen LogP contribution in [0.15, 0.2) is 36.4 Å². The van der Waals surface area contributed by atoms with Crippen LogP contribution in [-0.4, -0.2) is 10.2 Å². The Morgan fingerprint density at radius 3 is 1.69 bits per heavy atom. The van der Waals surface area contributed by atoms with E-state index in [-0.39, 0.29) is 17.5 Å². The lowest BCUT2D eigenvalue weighted by Crippen LogP contribution is -2.07. The van der Waals surface area contributed by atoms with Crippen molar-refractivity contribution >= 4 is 0 Å². The van der Waals surface area contributed by atoms with Gasteiger partial charge in [0, 0.05) is 0 Å². The molecule has 0 unspecified atom stereocenters. The van der Waals surface area contributed by atoms with Crippen LogP contribution in [0.4, 0.5) is 0 Å². The standard InChI is InChI=1S/C13H11NO2/c14-13-11-5-7(15)1-3-9(11)10-4-2-8(16)6-12(10)13/h1-6,13,15-16H,14H2. The number of nitrogens with two attached hydrogens (primary N) is 1. The summed E-state index contributed by atoms with van der Waals surface area (Å²) in [6.45, 7) is 0. The van der Waals surface area contributed by atoms with Gasteiger partial charge in [-0.2, -0.15) is 0 Å². The van der Waals surface area contributed by atoms with Crippen molar-refractivity contribution in [3.05, 3.63) is 47.5 Å². The van der Waals surface area contributed by atoms with Gasteiger partial charge in [0.1, 0.15) is 11.5 Å². The predicted octanol–water partition coefficient (Wildman–Crippen LogP) is 2.13. The van der Waals surface area contributed by atoms with E-state index >= 15 is 0 Å². The van der Waals surface area contributed by atoms with E-state index in [1.807, 2.05) is 12.1 Å². The molecule has 2 aromatic carbocycles. The van der Waals surface area contributed by atoms with Crippen molar-refractivity contribution in [2.45, 2.75) is 6.04 Å². The third-order valence-electron chi connectivity index (χ3n) is 3.03. The maximum atomic E-state index is 9.44. The molecule has 1 aliphatic rings. The molecule has 0 saturated heterocycles. The maximum Gasteiger partial charge on any atom is 0.115 e. The van der Waals surface area contributed by atoms with Crippen molar-refractivity contribution < 1.29 is 10.2 Å². The number of hydrogen-bond acceptors (Lipinski definition) is 3. The van der Waals surface area contributed by atoms with Gasteiger partial charge >= 0.3 is 0 Å². The Labute approximate surface area is 92.8 Å². The van der Waals surface area contributed by atoms with Crippen LogP contribution in [0.25, 0.3) is 11.1 Å². The molecular weight excluding hydrogens is 202 g/mol. The minimum Gasteiger partial charge on any atom is -0.508 e. The largest absolute Gasteiger partial charge is 0.508 e. The molecule has 0 heterocycles. The van der Waals surface area contributed by atoms with Crippen LogP contribution in [0, 0.1) is 0 Å². The first-order valence-electron chi connectivity index (χ1n) is 5.08. The number of phenolic OH excluding ortho intramolecular Hbond substituents is 2. The summed E-state index contributed by atoms with van der Waals surface area (Å²) in [6.07, 6.45) is 0. The lowest BCUT2D eigenvalue weighted by Gasteiger charge is -2.06. The Morgan fingerprint density at radius 2 is 1.25 bits per heavy atom. The number of hydrogen-bond donors (Lipinski definition) is 3. The van der Waals surface area contributed by atoms with Crippen molar-refractivity contribution in [2.75, 3.05) is 0 Å². The zero-order chi connectivity index (χ0) is 11.3. The third-order valence-corrected chi connectivity index (χ3v) is 3.03. The second-order valence-electron chi connectivity index (χ2n) is 4.02. The Bertz CT molecular complexity index is 527. The highest BCUT2D eigenvalue weighted by molar-refractivity contribution is 5.79. The third kappa shape index (κ3) is 1.12. The molecule has 0 fully saturated rings. The minimum atomic E-state index is -0.274. The Balaban J connectivity index is 2.30. The molecule has 0 amide bonds. The van der Waals surface area contributed by atoms with Gasteiger partial charge in [0.15, 0.2) is 0 Å². The molecule has 1 aliphatic carbocycles. The van der Waals surface area contributed by atoms with Crippen LogP contribution < -0.4 is 5.73 Å². The van der Waals surface area contributed by atoms with Crippen LogP contribution >= 0.6 is 0 Å². The normalized spacial score (nSPS) is 13.6. The monoisotopic (exact) mass is 213 g/mol. The number of benzene rings is 2. The summed E-state index contributed by atoms with van der Waals surface area (Å²) in [6, 6.07) is 10.1. The highest BCUT2D eigenvalue weighted by Crippen LogP contribution is 2.44. The van der Waals surface area contributed by atoms with Gasteiger partial charge in [0.25, 0.3) is 0 Å². The van der Waals surface area contributed by atoms with Crippen LogP contribution in [0.1, 0.15) is 17.2 Å². The van der Waals surface area contributed by atoms with Gasteiger partial charge < -0.3 is 15.9 Å². The van der Waals surface area contributed by atoms with E-state index in [1.54, 1.807) is 24.3 Å². The lowest BCUT2D eigenvalue weighted by molar-refractivity contribution is 0.474. The van der Waals surface area contributed by atoms with Crippen LogP contribution in [0.5, 0.6) is 11.5 Å². The Hall–Kier alpha value is -2.00. The zero-order valence-electron chi connectivity index (χ0n) is 8.51. The van der Waals surface area contributed by atoms with E-state index in [1.165, 1.54) is 0 Å². The summed E-state index contributed by atoms with van der Waals surface area (Å²) in [5.74, 6) is 0.428. The first-order chi connectivity index (χ1) is 7.66. The first kappa shape index (κ1) is 9.24. The van der Waals surface area contributed by atoms with E-state index in [4.69, 9.17) is 5.73 Å². The van der Waals surface area contributed by atoms with Crippen LogP contribution in [0.2, 0.25) is 0 Å². The number of rotatable bonds is 0. The molecule has 3 heteroatoms. The molecule has 2 aromatic rings. The second kappa shape index (κ2) is 3.00. The van der Waals surface area contributed by atoms with Gasteiger partial charge in [-0.3, -0.25) is 0 Å². The first-order valence-corrected chi connectivity index (χ1v) is 5.08. The quantitative estimate of drug-likeness (QED) is 0.628. The average Bonchev–Trinajstić information content (AvgIpc) is 2.53. The number of fused-ring (bicyclic) bond motifs is 3. The summed E-state index contributed by atoms with van der Waals surface area (Å²) in [5.41, 5.74) is 9.94. The molecule has 0 atom stereocenters. The van der Waals surface area contributed by atoms with Crippen molar-refractivity contribution in [2.24, 2.45) is 5.73 Å². The van der Waals surface area contributed by atoms with Crippen molar-refractivity contribution in [1.82, 2.24) is 0 Å². The summed E-state index contributed by atoms with van der Waals surface area (Å²) >= 11 is 0. The lowest BCUT2D eigenvalue weighted by atomic mass is 10.1. The van der Waals surface area contributed by atoms with Gasteiger partial charge in [-0.25, -0.2) is 0 Å². The molecule has 0 saturated carbocycles. The average molecular weight is 213 g/mol. The van der Waals surface area contributed by atoms with Gasteiger partial charge in [0.2, 0.25) is 0 Å². The molecule has 3 nitrogen and oxygen atoms in total. The highest BCUT2D eigenvalue weighted by atomic mass is 16.3. The number of phenols is 2. The van der Waals surface area contributed by atoms with E-state index in [0.29, 0.717) is 0 Å². The summed E-state index contributed by atoms with van der Waals surface area (Å²) in [4.78, 5) is 0. The molecule has 0 radical (unpaired) electrons. The van der Waals surface area contributed by atoms with Crippen LogP contribution in [0.3, 0.4) is 0 Å². The molecule has 80 valence electrons. The van der Waals surface area contributed by atoms with Crippen molar-refractivity contribution in [3.63, 3.8) is 0 Å². The molecule has 4 N–H and O–H groups in total. The fourth-order valence-corrected chi connectivity index (χ4v) is 2.27. The molecule has 0 aromatic heterocycles. The minimum absolute atomic E-state index is 0.214. The topological polar surface area (TPSA) is 66.5 Å². The highest BCUT2D eigenvalue weighted by Gasteiger charge is 2.26. The molecule has 3 rings (SSSR count). The predicted molar refractivity (Wildman–Crippen MR) is 61.2 cm³/mol. The zero-order valence-corrected chi connectivity index (χ0v) is 8.51. The molecular formula is C13H11NO2. The van der Waals surface area contributed by atoms with Crippen molar-refractivity contribution in [3.8, 4) is 22.6 Å². The summed E-state index contributed by atoms with van der Waals surface area (Å²) in [7, 11) is 0. The molecule has 0 spiro atoms. The fourth-order valence-electron chi connectivity index (χ4n) is 2.27. The van der Waals surface area contributed by atoms with Gasteiger partial charge in [0.05, 0.1) is 6.04 Å².